The first-order valence-electron chi connectivity index (χ1n) is 8.84. The van der Waals surface area contributed by atoms with Crippen molar-refractivity contribution in [1.82, 2.24) is 14.7 Å². The molecule has 5 nitrogen and oxygen atoms in total. The van der Waals surface area contributed by atoms with Crippen molar-refractivity contribution < 1.29 is 9.59 Å². The van der Waals surface area contributed by atoms with Crippen molar-refractivity contribution in [3.8, 4) is 0 Å². The number of hydrogen-bond acceptors (Lipinski definition) is 3. The zero-order valence-corrected chi connectivity index (χ0v) is 14.9. The maximum Gasteiger partial charge on any atom is 0.228 e. The maximum atomic E-state index is 13.1. The number of rotatable bonds is 3. The van der Waals surface area contributed by atoms with E-state index in [0.29, 0.717) is 6.42 Å². The fourth-order valence-corrected chi connectivity index (χ4v) is 3.83. The summed E-state index contributed by atoms with van der Waals surface area (Å²) in [5.41, 5.74) is 2.24. The lowest BCUT2D eigenvalue weighted by atomic mass is 9.91. The minimum absolute atomic E-state index is 0.0612. The van der Waals surface area contributed by atoms with E-state index in [4.69, 9.17) is 0 Å². The van der Waals surface area contributed by atoms with Gasteiger partial charge in [-0.2, -0.15) is 0 Å². The Bertz CT molecular complexity index is 606. The van der Waals surface area contributed by atoms with E-state index in [-0.39, 0.29) is 23.8 Å². The predicted molar refractivity (Wildman–Crippen MR) is 93.5 cm³/mol. The average Bonchev–Trinajstić information content (AvgIpc) is 2.90. The summed E-state index contributed by atoms with van der Waals surface area (Å²) in [6.07, 6.45) is 0.321. The summed E-state index contributed by atoms with van der Waals surface area (Å²) in [4.78, 5) is 31.4. The van der Waals surface area contributed by atoms with Gasteiger partial charge < -0.3 is 14.7 Å². The minimum Gasteiger partial charge on any atom is -0.340 e. The molecule has 0 bridgehead atoms. The monoisotopic (exact) mass is 329 g/mol. The van der Waals surface area contributed by atoms with Gasteiger partial charge >= 0.3 is 0 Å². The number of likely N-dealkylation sites (tertiary alicyclic amines) is 1. The number of benzene rings is 1. The highest BCUT2D eigenvalue weighted by Crippen LogP contribution is 2.38. The molecule has 2 fully saturated rings. The molecule has 24 heavy (non-hydrogen) atoms. The van der Waals surface area contributed by atoms with Gasteiger partial charge in [0.25, 0.3) is 0 Å². The SMILES string of the molecule is CCN1CCN(C(=O)[C@H]2CC(=O)N(C)[C@H]2c2ccc(C)cc2)CC1. The molecule has 2 saturated heterocycles. The molecule has 2 aliphatic rings. The van der Waals surface area contributed by atoms with Crippen LogP contribution in [-0.4, -0.2) is 66.3 Å². The van der Waals surface area contributed by atoms with E-state index in [1.807, 2.05) is 43.1 Å². The molecule has 2 atom stereocenters. The lowest BCUT2D eigenvalue weighted by Crippen LogP contribution is -2.50. The minimum atomic E-state index is -0.265. The second kappa shape index (κ2) is 6.93. The molecule has 0 unspecified atom stereocenters. The van der Waals surface area contributed by atoms with E-state index in [1.165, 1.54) is 5.56 Å². The van der Waals surface area contributed by atoms with Crippen molar-refractivity contribution in [2.24, 2.45) is 5.92 Å². The molecular formula is C19H27N3O2. The molecule has 0 saturated carbocycles. The normalized spacial score (nSPS) is 25.4. The van der Waals surface area contributed by atoms with E-state index in [1.54, 1.807) is 4.90 Å². The van der Waals surface area contributed by atoms with E-state index < -0.39 is 0 Å². The second-order valence-corrected chi connectivity index (χ2v) is 6.93. The molecule has 0 spiro atoms. The first-order chi connectivity index (χ1) is 11.5. The van der Waals surface area contributed by atoms with Crippen molar-refractivity contribution in [2.75, 3.05) is 39.8 Å². The Kier molecular flexibility index (Phi) is 4.90. The summed E-state index contributed by atoms with van der Waals surface area (Å²) >= 11 is 0. The summed E-state index contributed by atoms with van der Waals surface area (Å²) in [5, 5.41) is 0. The van der Waals surface area contributed by atoms with Crippen LogP contribution in [0.15, 0.2) is 24.3 Å². The molecule has 5 heteroatoms. The van der Waals surface area contributed by atoms with Crippen LogP contribution in [0.1, 0.15) is 30.5 Å². The maximum absolute atomic E-state index is 13.1. The fourth-order valence-electron chi connectivity index (χ4n) is 3.83. The standard InChI is InChI=1S/C19H27N3O2/c1-4-21-9-11-22(12-10-21)19(24)16-13-17(23)20(3)18(16)15-7-5-14(2)6-8-15/h5-8,16,18H,4,9-13H2,1-3H3/t16-,18-/m0/s1. The molecular weight excluding hydrogens is 302 g/mol. The number of piperazine rings is 1. The summed E-state index contributed by atoms with van der Waals surface area (Å²) in [7, 11) is 1.81. The van der Waals surface area contributed by atoms with Gasteiger partial charge in [0.05, 0.1) is 12.0 Å². The number of carbonyl (C=O) groups excluding carboxylic acids is 2. The van der Waals surface area contributed by atoms with E-state index >= 15 is 0 Å². The second-order valence-electron chi connectivity index (χ2n) is 6.93. The Morgan fingerprint density at radius 3 is 2.33 bits per heavy atom. The molecule has 2 heterocycles. The van der Waals surface area contributed by atoms with Crippen molar-refractivity contribution in [3.05, 3.63) is 35.4 Å². The van der Waals surface area contributed by atoms with Crippen molar-refractivity contribution >= 4 is 11.8 Å². The molecule has 1 aromatic rings. The number of amides is 2. The number of aryl methyl sites for hydroxylation is 1. The highest BCUT2D eigenvalue weighted by molar-refractivity contribution is 5.90. The zero-order chi connectivity index (χ0) is 17.3. The van der Waals surface area contributed by atoms with Crippen LogP contribution in [0.25, 0.3) is 0 Å². The van der Waals surface area contributed by atoms with Crippen LogP contribution in [0.3, 0.4) is 0 Å². The van der Waals surface area contributed by atoms with Crippen LogP contribution in [0.4, 0.5) is 0 Å². The molecule has 0 aromatic heterocycles. The number of carbonyl (C=O) groups is 2. The van der Waals surface area contributed by atoms with Gasteiger partial charge in [-0.05, 0) is 19.0 Å². The molecule has 130 valence electrons. The van der Waals surface area contributed by atoms with Crippen LogP contribution >= 0.6 is 0 Å². The third-order valence-electron chi connectivity index (χ3n) is 5.45. The van der Waals surface area contributed by atoms with Crippen LogP contribution < -0.4 is 0 Å². The molecule has 0 radical (unpaired) electrons. The zero-order valence-electron chi connectivity index (χ0n) is 14.9. The summed E-state index contributed by atoms with van der Waals surface area (Å²) < 4.78 is 0. The molecule has 0 aliphatic carbocycles. The van der Waals surface area contributed by atoms with Crippen molar-refractivity contribution in [2.45, 2.75) is 26.3 Å². The first-order valence-corrected chi connectivity index (χ1v) is 8.84. The van der Waals surface area contributed by atoms with Crippen molar-refractivity contribution in [3.63, 3.8) is 0 Å². The van der Waals surface area contributed by atoms with Gasteiger partial charge in [-0.25, -0.2) is 0 Å². The van der Waals surface area contributed by atoms with Crippen LogP contribution in [-0.2, 0) is 9.59 Å². The quantitative estimate of drug-likeness (QED) is 0.847. The van der Waals surface area contributed by atoms with E-state index in [2.05, 4.69) is 11.8 Å². The highest BCUT2D eigenvalue weighted by atomic mass is 16.2. The summed E-state index contributed by atoms with van der Waals surface area (Å²) in [6.45, 7) is 8.60. The predicted octanol–water partition coefficient (Wildman–Crippen LogP) is 1.68. The van der Waals surface area contributed by atoms with Gasteiger partial charge in [-0.15, -0.1) is 0 Å². The average molecular weight is 329 g/mol. The van der Waals surface area contributed by atoms with E-state index in [9.17, 15) is 9.59 Å². The number of nitrogens with zero attached hydrogens (tertiary/aromatic N) is 3. The number of likely N-dealkylation sites (N-methyl/N-ethyl adjacent to an activating group) is 1. The van der Waals surface area contributed by atoms with Gasteiger partial charge in [0.2, 0.25) is 11.8 Å². The van der Waals surface area contributed by atoms with Gasteiger partial charge in [-0.1, -0.05) is 36.8 Å². The third-order valence-corrected chi connectivity index (χ3v) is 5.45. The van der Waals surface area contributed by atoms with Crippen LogP contribution in [0.2, 0.25) is 0 Å². The topological polar surface area (TPSA) is 43.9 Å². The Morgan fingerprint density at radius 1 is 1.12 bits per heavy atom. The lowest BCUT2D eigenvalue weighted by molar-refractivity contribution is -0.138. The fraction of sp³-hybridized carbons (Fsp3) is 0.579. The van der Waals surface area contributed by atoms with Crippen molar-refractivity contribution in [1.29, 1.82) is 0 Å². The number of hydrogen-bond donors (Lipinski definition) is 0. The van der Waals surface area contributed by atoms with Crippen LogP contribution in [0.5, 0.6) is 0 Å². The first kappa shape index (κ1) is 17.0. The smallest absolute Gasteiger partial charge is 0.228 e. The molecule has 2 aliphatic heterocycles. The molecule has 0 N–H and O–H groups in total. The largest absolute Gasteiger partial charge is 0.340 e. The van der Waals surface area contributed by atoms with Gasteiger partial charge in [-0.3, -0.25) is 9.59 Å². The Hall–Kier alpha value is -1.88. The summed E-state index contributed by atoms with van der Waals surface area (Å²) in [6, 6.07) is 8.05. The molecule has 3 rings (SSSR count). The Morgan fingerprint density at radius 2 is 1.75 bits per heavy atom. The summed E-state index contributed by atoms with van der Waals surface area (Å²) in [5.74, 6) is -0.0708. The van der Waals surface area contributed by atoms with Gasteiger partial charge in [0, 0.05) is 39.6 Å². The Labute approximate surface area is 144 Å². The highest BCUT2D eigenvalue weighted by Gasteiger charge is 2.44. The van der Waals surface area contributed by atoms with E-state index in [0.717, 1.165) is 38.3 Å². The lowest BCUT2D eigenvalue weighted by Gasteiger charge is -2.36. The van der Waals surface area contributed by atoms with Gasteiger partial charge in [0.1, 0.15) is 0 Å². The Balaban J connectivity index is 1.78. The van der Waals surface area contributed by atoms with Gasteiger partial charge in [0.15, 0.2) is 0 Å². The van der Waals surface area contributed by atoms with Crippen LogP contribution in [0, 0.1) is 12.8 Å². The molecule has 2 amide bonds. The third kappa shape index (κ3) is 3.18. The molecule has 1 aromatic carbocycles.